The van der Waals surface area contributed by atoms with Crippen molar-refractivity contribution in [1.29, 1.82) is 0 Å². The van der Waals surface area contributed by atoms with Crippen molar-refractivity contribution < 1.29 is 14.3 Å². The molecule has 1 aromatic rings. The molecule has 0 amide bonds. The van der Waals surface area contributed by atoms with Crippen LogP contribution in [0.5, 0.6) is 5.75 Å². The van der Waals surface area contributed by atoms with E-state index < -0.39 is 0 Å². The number of esters is 1. The molecule has 1 fully saturated rings. The van der Waals surface area contributed by atoms with Gasteiger partial charge in [0.25, 0.3) is 0 Å². The average molecular weight is 320 g/mol. The van der Waals surface area contributed by atoms with E-state index in [1.54, 1.807) is 19.1 Å². The summed E-state index contributed by atoms with van der Waals surface area (Å²) in [4.78, 5) is 14.1. The number of hydrogen-bond donors (Lipinski definition) is 1. The zero-order chi connectivity index (χ0) is 16.7. The lowest BCUT2D eigenvalue weighted by atomic mass is 10.0. The molecular weight excluding hydrogens is 292 g/mol. The van der Waals surface area contributed by atoms with Crippen LogP contribution in [0.1, 0.15) is 37.6 Å². The van der Waals surface area contributed by atoms with Gasteiger partial charge < -0.3 is 19.7 Å². The molecule has 1 saturated heterocycles. The SMILES string of the molecule is CCOC(=O)c1ccc(OC(C)(C)CCN2CCNCC2)cc1. The van der Waals surface area contributed by atoms with Crippen LogP contribution in [0.4, 0.5) is 0 Å². The molecule has 0 spiro atoms. The summed E-state index contributed by atoms with van der Waals surface area (Å²) < 4.78 is 11.1. The second-order valence-corrected chi connectivity index (χ2v) is 6.45. The van der Waals surface area contributed by atoms with Crippen LogP contribution >= 0.6 is 0 Å². The van der Waals surface area contributed by atoms with Crippen molar-refractivity contribution >= 4 is 5.97 Å². The van der Waals surface area contributed by atoms with Crippen LogP contribution < -0.4 is 10.1 Å². The highest BCUT2D eigenvalue weighted by atomic mass is 16.5. The lowest BCUT2D eigenvalue weighted by molar-refractivity contribution is 0.0526. The molecule has 1 aliphatic rings. The Balaban J connectivity index is 1.85. The summed E-state index contributed by atoms with van der Waals surface area (Å²) in [6.45, 7) is 11.8. The summed E-state index contributed by atoms with van der Waals surface area (Å²) in [5, 5.41) is 3.36. The molecule has 5 nitrogen and oxygen atoms in total. The third-order valence-electron chi connectivity index (χ3n) is 4.00. The second kappa shape index (κ2) is 8.31. The van der Waals surface area contributed by atoms with Crippen LogP contribution in [0.3, 0.4) is 0 Å². The van der Waals surface area contributed by atoms with Crippen molar-refractivity contribution in [2.75, 3.05) is 39.3 Å². The summed E-state index contributed by atoms with van der Waals surface area (Å²) >= 11 is 0. The van der Waals surface area contributed by atoms with Crippen molar-refractivity contribution in [2.45, 2.75) is 32.8 Å². The molecule has 23 heavy (non-hydrogen) atoms. The van der Waals surface area contributed by atoms with E-state index in [9.17, 15) is 4.79 Å². The Morgan fingerprint density at radius 2 is 1.87 bits per heavy atom. The molecular formula is C18H28N2O3. The van der Waals surface area contributed by atoms with Crippen molar-refractivity contribution in [3.8, 4) is 5.75 Å². The summed E-state index contributed by atoms with van der Waals surface area (Å²) in [6.07, 6.45) is 0.965. The summed E-state index contributed by atoms with van der Waals surface area (Å²) in [5.74, 6) is 0.486. The first kappa shape index (κ1) is 17.8. The predicted molar refractivity (Wildman–Crippen MR) is 91.0 cm³/mol. The highest BCUT2D eigenvalue weighted by Crippen LogP contribution is 2.22. The summed E-state index contributed by atoms with van der Waals surface area (Å²) in [7, 11) is 0. The first-order valence-corrected chi connectivity index (χ1v) is 8.39. The second-order valence-electron chi connectivity index (χ2n) is 6.45. The van der Waals surface area contributed by atoms with Crippen LogP contribution in [0.2, 0.25) is 0 Å². The maximum absolute atomic E-state index is 11.6. The standard InChI is InChI=1S/C18H28N2O3/c1-4-22-17(21)15-5-7-16(8-6-15)23-18(2,3)9-12-20-13-10-19-11-14-20/h5-8,19H,4,9-14H2,1-3H3. The minimum absolute atomic E-state index is 0.240. The molecule has 1 aromatic carbocycles. The Bertz CT molecular complexity index is 493. The van der Waals surface area contributed by atoms with Crippen LogP contribution in [-0.2, 0) is 4.74 Å². The van der Waals surface area contributed by atoms with E-state index in [-0.39, 0.29) is 11.6 Å². The summed E-state index contributed by atoms with van der Waals surface area (Å²) in [5.41, 5.74) is 0.314. The van der Waals surface area contributed by atoms with E-state index >= 15 is 0 Å². The minimum Gasteiger partial charge on any atom is -0.488 e. The number of carbonyl (C=O) groups is 1. The van der Waals surface area contributed by atoms with Gasteiger partial charge in [0.2, 0.25) is 0 Å². The normalized spacial score (nSPS) is 16.1. The molecule has 1 aliphatic heterocycles. The van der Waals surface area contributed by atoms with Crippen LogP contribution in [0.25, 0.3) is 0 Å². The minimum atomic E-state index is -0.294. The molecule has 0 unspecified atom stereocenters. The fraction of sp³-hybridized carbons (Fsp3) is 0.611. The van der Waals surface area contributed by atoms with Crippen molar-refractivity contribution in [3.63, 3.8) is 0 Å². The molecule has 1 N–H and O–H groups in total. The zero-order valence-corrected chi connectivity index (χ0v) is 14.4. The fourth-order valence-corrected chi connectivity index (χ4v) is 2.61. The average Bonchev–Trinajstić information content (AvgIpc) is 2.55. The maximum Gasteiger partial charge on any atom is 0.338 e. The molecule has 128 valence electrons. The van der Waals surface area contributed by atoms with Crippen LogP contribution in [-0.4, -0.2) is 55.8 Å². The number of nitrogens with one attached hydrogen (secondary N) is 1. The monoisotopic (exact) mass is 320 g/mol. The molecule has 0 aliphatic carbocycles. The van der Waals surface area contributed by atoms with Gasteiger partial charge in [0.1, 0.15) is 11.4 Å². The first-order chi connectivity index (χ1) is 11.0. The molecule has 0 atom stereocenters. The van der Waals surface area contributed by atoms with Crippen molar-refractivity contribution in [1.82, 2.24) is 10.2 Å². The quantitative estimate of drug-likeness (QED) is 0.781. The Morgan fingerprint density at radius 1 is 1.22 bits per heavy atom. The van der Waals surface area contributed by atoms with Gasteiger partial charge in [-0.1, -0.05) is 0 Å². The number of carbonyl (C=O) groups excluding carboxylic acids is 1. The molecule has 0 aromatic heterocycles. The molecule has 1 heterocycles. The topological polar surface area (TPSA) is 50.8 Å². The van der Waals surface area contributed by atoms with Crippen LogP contribution in [0.15, 0.2) is 24.3 Å². The van der Waals surface area contributed by atoms with Crippen molar-refractivity contribution in [3.05, 3.63) is 29.8 Å². The molecule has 0 saturated carbocycles. The highest BCUT2D eigenvalue weighted by Gasteiger charge is 2.22. The van der Waals surface area contributed by atoms with E-state index in [4.69, 9.17) is 9.47 Å². The Labute approximate surface area is 139 Å². The fourth-order valence-electron chi connectivity index (χ4n) is 2.61. The van der Waals surface area contributed by atoms with Crippen molar-refractivity contribution in [2.24, 2.45) is 0 Å². The van der Waals surface area contributed by atoms with Gasteiger partial charge >= 0.3 is 5.97 Å². The van der Waals surface area contributed by atoms with Gasteiger partial charge in [-0.3, -0.25) is 0 Å². The van der Waals surface area contributed by atoms with Gasteiger partial charge in [-0.25, -0.2) is 4.79 Å². The number of nitrogens with zero attached hydrogens (tertiary/aromatic N) is 1. The van der Waals surface area contributed by atoms with Gasteiger partial charge in [-0.2, -0.15) is 0 Å². The van der Waals surface area contributed by atoms with Gasteiger partial charge in [0.05, 0.1) is 12.2 Å². The number of rotatable bonds is 7. The number of hydrogen-bond acceptors (Lipinski definition) is 5. The molecule has 2 rings (SSSR count). The molecule has 0 radical (unpaired) electrons. The Kier molecular flexibility index (Phi) is 6.42. The van der Waals surface area contributed by atoms with Gasteiger partial charge in [0, 0.05) is 32.7 Å². The van der Waals surface area contributed by atoms with Gasteiger partial charge in [0.15, 0.2) is 0 Å². The number of benzene rings is 1. The molecule has 5 heteroatoms. The largest absolute Gasteiger partial charge is 0.488 e. The van der Waals surface area contributed by atoms with E-state index in [0.29, 0.717) is 12.2 Å². The Morgan fingerprint density at radius 3 is 2.48 bits per heavy atom. The van der Waals surface area contributed by atoms with Gasteiger partial charge in [-0.15, -0.1) is 0 Å². The van der Waals surface area contributed by atoms with E-state index in [1.807, 2.05) is 12.1 Å². The van der Waals surface area contributed by atoms with E-state index in [1.165, 1.54) is 0 Å². The number of ether oxygens (including phenoxy) is 2. The third kappa shape index (κ3) is 5.84. The zero-order valence-electron chi connectivity index (χ0n) is 14.4. The third-order valence-corrected chi connectivity index (χ3v) is 4.00. The molecule has 0 bridgehead atoms. The first-order valence-electron chi connectivity index (χ1n) is 8.39. The van der Waals surface area contributed by atoms with E-state index in [0.717, 1.165) is 44.9 Å². The smallest absolute Gasteiger partial charge is 0.338 e. The maximum atomic E-state index is 11.6. The lowest BCUT2D eigenvalue weighted by Gasteiger charge is -2.32. The Hall–Kier alpha value is -1.59. The number of piperazine rings is 1. The predicted octanol–water partition coefficient (Wildman–Crippen LogP) is 2.32. The van der Waals surface area contributed by atoms with E-state index in [2.05, 4.69) is 24.1 Å². The lowest BCUT2D eigenvalue weighted by Crippen LogP contribution is -2.45. The highest BCUT2D eigenvalue weighted by molar-refractivity contribution is 5.89. The summed E-state index contributed by atoms with van der Waals surface area (Å²) in [6, 6.07) is 7.16. The van der Waals surface area contributed by atoms with Gasteiger partial charge in [-0.05, 0) is 51.5 Å². The van der Waals surface area contributed by atoms with Crippen LogP contribution in [0, 0.1) is 0 Å².